The normalized spacial score (nSPS) is 10.5. The molecule has 30 heavy (non-hydrogen) atoms. The van der Waals surface area contributed by atoms with E-state index in [0.29, 0.717) is 45.6 Å². The van der Waals surface area contributed by atoms with Crippen LogP contribution in [0.3, 0.4) is 0 Å². The standard InChI is InChI=1S/C23H19N3O4/c1-27-19-11-16(12-20(28-2)22(19)29-3)25-23-26-18-9-5-8-17(21(18)30-23)15-7-4-6-14(10-15)13-24/h4-12H,1-3H3,(H,25,26). The summed E-state index contributed by atoms with van der Waals surface area (Å²) in [4.78, 5) is 4.53. The minimum Gasteiger partial charge on any atom is -0.493 e. The number of fused-ring (bicyclic) bond motifs is 1. The van der Waals surface area contributed by atoms with Crippen molar-refractivity contribution in [3.05, 3.63) is 60.2 Å². The fourth-order valence-corrected chi connectivity index (χ4v) is 3.26. The third-order valence-corrected chi connectivity index (χ3v) is 4.63. The Morgan fingerprint density at radius 1 is 0.933 bits per heavy atom. The fourth-order valence-electron chi connectivity index (χ4n) is 3.26. The Morgan fingerprint density at radius 2 is 1.67 bits per heavy atom. The lowest BCUT2D eigenvalue weighted by atomic mass is 10.0. The van der Waals surface area contributed by atoms with Crippen molar-refractivity contribution in [2.24, 2.45) is 0 Å². The number of benzene rings is 3. The van der Waals surface area contributed by atoms with Gasteiger partial charge in [0, 0.05) is 23.4 Å². The number of nitrogens with one attached hydrogen (secondary N) is 1. The monoisotopic (exact) mass is 401 g/mol. The van der Waals surface area contributed by atoms with E-state index in [4.69, 9.17) is 18.6 Å². The molecule has 0 saturated carbocycles. The maximum Gasteiger partial charge on any atom is 0.300 e. The van der Waals surface area contributed by atoms with Crippen LogP contribution in [-0.4, -0.2) is 26.3 Å². The van der Waals surface area contributed by atoms with Crippen LogP contribution < -0.4 is 19.5 Å². The van der Waals surface area contributed by atoms with E-state index in [1.165, 1.54) is 0 Å². The molecule has 0 unspecified atom stereocenters. The Kier molecular flexibility index (Phi) is 5.14. The van der Waals surface area contributed by atoms with Crippen molar-refractivity contribution in [2.75, 3.05) is 26.6 Å². The summed E-state index contributed by atoms with van der Waals surface area (Å²) in [6.45, 7) is 0. The van der Waals surface area contributed by atoms with Crippen molar-refractivity contribution >= 4 is 22.8 Å². The first-order chi connectivity index (χ1) is 14.7. The summed E-state index contributed by atoms with van der Waals surface area (Å²) in [7, 11) is 4.67. The summed E-state index contributed by atoms with van der Waals surface area (Å²) in [6.07, 6.45) is 0. The molecule has 0 bridgehead atoms. The van der Waals surface area contributed by atoms with Gasteiger partial charge in [0.1, 0.15) is 5.52 Å². The predicted octanol–water partition coefficient (Wildman–Crippen LogP) is 5.14. The largest absolute Gasteiger partial charge is 0.493 e. The van der Waals surface area contributed by atoms with E-state index in [2.05, 4.69) is 16.4 Å². The summed E-state index contributed by atoms with van der Waals surface area (Å²) in [5.74, 6) is 1.54. The number of aromatic nitrogens is 1. The van der Waals surface area contributed by atoms with Gasteiger partial charge in [-0.2, -0.15) is 10.2 Å². The van der Waals surface area contributed by atoms with E-state index in [-0.39, 0.29) is 0 Å². The maximum atomic E-state index is 9.19. The van der Waals surface area contributed by atoms with Crippen LogP contribution in [-0.2, 0) is 0 Å². The van der Waals surface area contributed by atoms with E-state index < -0.39 is 0 Å². The number of nitrogens with zero attached hydrogens (tertiary/aromatic N) is 2. The topological polar surface area (TPSA) is 89.5 Å². The third kappa shape index (κ3) is 3.47. The Hall–Kier alpha value is -4.18. The zero-order valence-electron chi connectivity index (χ0n) is 16.7. The van der Waals surface area contributed by atoms with Gasteiger partial charge in [-0.3, -0.25) is 0 Å². The van der Waals surface area contributed by atoms with Gasteiger partial charge in [-0.05, 0) is 23.8 Å². The summed E-state index contributed by atoms with van der Waals surface area (Å²) in [5.41, 5.74) is 4.32. The quantitative estimate of drug-likeness (QED) is 0.479. The van der Waals surface area contributed by atoms with Gasteiger partial charge in [-0.25, -0.2) is 0 Å². The lowest BCUT2D eigenvalue weighted by Gasteiger charge is -2.14. The number of ether oxygens (including phenoxy) is 3. The second-order valence-corrected chi connectivity index (χ2v) is 6.40. The van der Waals surface area contributed by atoms with Crippen LogP contribution in [0.25, 0.3) is 22.2 Å². The van der Waals surface area contributed by atoms with Crippen LogP contribution in [0.2, 0.25) is 0 Å². The molecule has 0 aliphatic carbocycles. The lowest BCUT2D eigenvalue weighted by Crippen LogP contribution is -1.97. The van der Waals surface area contributed by atoms with Crippen molar-refractivity contribution in [3.8, 4) is 34.4 Å². The number of nitriles is 1. The van der Waals surface area contributed by atoms with E-state index in [1.54, 1.807) is 39.5 Å². The zero-order chi connectivity index (χ0) is 21.1. The Morgan fingerprint density at radius 3 is 2.33 bits per heavy atom. The minimum atomic E-state index is 0.322. The van der Waals surface area contributed by atoms with Crippen LogP contribution in [0, 0.1) is 11.3 Å². The van der Waals surface area contributed by atoms with Crippen molar-refractivity contribution in [2.45, 2.75) is 0 Å². The molecule has 0 fully saturated rings. The number of anilines is 2. The minimum absolute atomic E-state index is 0.322. The SMILES string of the molecule is COc1cc(Nc2nc3cccc(-c4cccc(C#N)c4)c3o2)cc(OC)c1OC. The highest BCUT2D eigenvalue weighted by atomic mass is 16.5. The molecule has 0 spiro atoms. The number of hydrogen-bond donors (Lipinski definition) is 1. The molecule has 0 radical (unpaired) electrons. The van der Waals surface area contributed by atoms with Crippen LogP contribution in [0.4, 0.5) is 11.7 Å². The maximum absolute atomic E-state index is 9.19. The van der Waals surface area contributed by atoms with E-state index in [0.717, 1.165) is 11.1 Å². The van der Waals surface area contributed by atoms with Gasteiger partial charge in [0.05, 0.1) is 33.0 Å². The van der Waals surface area contributed by atoms with E-state index >= 15 is 0 Å². The lowest BCUT2D eigenvalue weighted by molar-refractivity contribution is 0.324. The molecule has 0 saturated heterocycles. The number of hydrogen-bond acceptors (Lipinski definition) is 7. The van der Waals surface area contributed by atoms with Crippen molar-refractivity contribution in [3.63, 3.8) is 0 Å². The highest BCUT2D eigenvalue weighted by molar-refractivity contribution is 5.91. The molecule has 7 heteroatoms. The molecule has 7 nitrogen and oxygen atoms in total. The van der Waals surface area contributed by atoms with E-state index in [9.17, 15) is 5.26 Å². The first-order valence-corrected chi connectivity index (χ1v) is 9.14. The number of methoxy groups -OCH3 is 3. The Balaban J connectivity index is 1.74. The average molecular weight is 401 g/mol. The van der Waals surface area contributed by atoms with E-state index in [1.807, 2.05) is 36.4 Å². The summed E-state index contributed by atoms with van der Waals surface area (Å²) in [5, 5.41) is 12.3. The fraction of sp³-hybridized carbons (Fsp3) is 0.130. The Bertz CT molecular complexity index is 1230. The highest BCUT2D eigenvalue weighted by Crippen LogP contribution is 2.41. The van der Waals surface area contributed by atoms with Gasteiger partial charge in [0.15, 0.2) is 17.1 Å². The average Bonchev–Trinajstić information content (AvgIpc) is 3.20. The smallest absolute Gasteiger partial charge is 0.300 e. The summed E-state index contributed by atoms with van der Waals surface area (Å²) < 4.78 is 22.2. The molecule has 1 aromatic heterocycles. The van der Waals surface area contributed by atoms with Gasteiger partial charge >= 0.3 is 0 Å². The van der Waals surface area contributed by atoms with Gasteiger partial charge in [-0.1, -0.05) is 24.3 Å². The highest BCUT2D eigenvalue weighted by Gasteiger charge is 2.16. The second-order valence-electron chi connectivity index (χ2n) is 6.40. The molecule has 0 aliphatic rings. The molecule has 3 aromatic carbocycles. The van der Waals surface area contributed by atoms with Crippen molar-refractivity contribution in [1.82, 2.24) is 4.98 Å². The number of oxazole rings is 1. The van der Waals surface area contributed by atoms with Gasteiger partial charge in [0.25, 0.3) is 6.01 Å². The van der Waals surface area contributed by atoms with Crippen molar-refractivity contribution < 1.29 is 18.6 Å². The second kappa shape index (κ2) is 8.05. The molecule has 1 N–H and O–H groups in total. The third-order valence-electron chi connectivity index (χ3n) is 4.63. The van der Waals surface area contributed by atoms with Crippen LogP contribution in [0.5, 0.6) is 17.2 Å². The zero-order valence-corrected chi connectivity index (χ0v) is 16.7. The van der Waals surface area contributed by atoms with Crippen LogP contribution in [0.1, 0.15) is 5.56 Å². The van der Waals surface area contributed by atoms with Crippen LogP contribution >= 0.6 is 0 Å². The summed E-state index contributed by atoms with van der Waals surface area (Å²) >= 11 is 0. The number of rotatable bonds is 6. The molecular weight excluding hydrogens is 382 g/mol. The van der Waals surface area contributed by atoms with Crippen molar-refractivity contribution in [1.29, 1.82) is 5.26 Å². The molecular formula is C23H19N3O4. The number of para-hydroxylation sites is 1. The molecule has 4 rings (SSSR count). The molecule has 1 heterocycles. The van der Waals surface area contributed by atoms with Crippen LogP contribution in [0.15, 0.2) is 59.0 Å². The first kappa shape index (κ1) is 19.2. The predicted molar refractivity (Wildman–Crippen MR) is 114 cm³/mol. The van der Waals surface area contributed by atoms with Gasteiger partial charge in [0.2, 0.25) is 5.75 Å². The molecule has 0 atom stereocenters. The summed E-state index contributed by atoms with van der Waals surface area (Å²) in [6, 6.07) is 19.1. The van der Waals surface area contributed by atoms with Gasteiger partial charge < -0.3 is 23.9 Å². The van der Waals surface area contributed by atoms with Gasteiger partial charge in [-0.15, -0.1) is 0 Å². The first-order valence-electron chi connectivity index (χ1n) is 9.14. The molecule has 0 amide bonds. The Labute approximate surface area is 173 Å². The molecule has 150 valence electrons. The molecule has 0 aliphatic heterocycles. The molecule has 4 aromatic rings.